The zero-order valence-corrected chi connectivity index (χ0v) is 4.87. The molecule has 0 saturated carbocycles. The molecule has 0 aromatic carbocycles. The van der Waals surface area contributed by atoms with Crippen LogP contribution in [0.25, 0.3) is 0 Å². The van der Waals surface area contributed by atoms with Crippen molar-refractivity contribution < 1.29 is 50.6 Å². The van der Waals surface area contributed by atoms with Crippen molar-refractivity contribution >= 4 is 0 Å². The van der Waals surface area contributed by atoms with E-state index in [1.54, 1.807) is 0 Å². The van der Waals surface area contributed by atoms with Gasteiger partial charge in [0, 0.05) is 21.7 Å². The first-order chi connectivity index (χ1) is 2.00. The Morgan fingerprint density at radius 1 is 1.17 bits per heavy atom. The topological polar surface area (TPSA) is 89.4 Å². The normalized spacial score (nSPS) is 10.0. The van der Waals surface area contributed by atoms with Crippen molar-refractivity contribution in [3.05, 3.63) is 0 Å². The number of hydrogen-bond acceptors (Lipinski definition) is 4. The summed E-state index contributed by atoms with van der Waals surface area (Å²) in [6.07, 6.45) is 0. The first-order valence-electron chi connectivity index (χ1n) is 0.632. The summed E-state index contributed by atoms with van der Waals surface area (Å²) >= 11 is 0. The Morgan fingerprint density at radius 2 is 1.17 bits per heavy atom. The monoisotopic (exact) mass is 148 g/mol. The molecule has 0 aromatic rings. The largest absolute Gasteiger partial charge is 0.183 e. The zero-order chi connectivity index (χ0) is 4.50. The van der Waals surface area contributed by atoms with Gasteiger partial charge in [0.2, 0.25) is 0 Å². The second-order valence-corrected chi connectivity index (χ2v) is 1.19. The summed E-state index contributed by atoms with van der Waals surface area (Å²) < 4.78 is 32.7. The summed E-state index contributed by atoms with van der Waals surface area (Å²) in [5.41, 5.74) is 0. The molecule has 0 unspecified atom stereocenters. The summed E-state index contributed by atoms with van der Waals surface area (Å²) in [7, 11) is -4.69. The molecule has 6 heteroatoms. The Morgan fingerprint density at radius 3 is 1.17 bits per heavy atom. The van der Waals surface area contributed by atoms with Crippen molar-refractivity contribution in [1.29, 1.82) is 0 Å². The Balaban J connectivity index is 0. The van der Waals surface area contributed by atoms with E-state index in [1.807, 2.05) is 0 Å². The van der Waals surface area contributed by atoms with E-state index in [4.69, 9.17) is 18.6 Å². The van der Waals surface area contributed by atoms with Gasteiger partial charge in [-0.3, -0.25) is 0 Å². The van der Waals surface area contributed by atoms with E-state index in [-0.39, 0.29) is 21.7 Å². The molecule has 0 saturated heterocycles. The third-order valence-electron chi connectivity index (χ3n) is 0. The predicted octanol–water partition coefficient (Wildman–Crippen LogP) is -4.13. The van der Waals surface area contributed by atoms with Gasteiger partial charge in [-0.05, 0) is 0 Å². The van der Waals surface area contributed by atoms with Crippen LogP contribution in [0.15, 0.2) is 0 Å². The Kier molecular flexibility index (Phi) is 4.86. The average Bonchev–Trinajstić information content (AvgIpc) is 0.722. The molecular formula is HClO4Ti. The van der Waals surface area contributed by atoms with E-state index in [0.29, 0.717) is 0 Å². The smallest absolute Gasteiger partial charge is 0.0777 e. The Hall–Kier alpha value is 0.844. The molecule has 0 rings (SSSR count). The van der Waals surface area contributed by atoms with Crippen LogP contribution in [0.5, 0.6) is 0 Å². The molecule has 0 atom stereocenters. The van der Waals surface area contributed by atoms with Gasteiger partial charge >= 0.3 is 0 Å². The molecule has 0 heterocycles. The number of hydrogen-bond donors (Lipinski definition) is 1. The maximum Gasteiger partial charge on any atom is 0.0777 e. The summed E-state index contributed by atoms with van der Waals surface area (Å²) in [4.78, 5) is 0. The van der Waals surface area contributed by atoms with E-state index in [1.165, 1.54) is 0 Å². The Labute approximate surface area is 51.0 Å². The molecule has 0 aromatic heterocycles. The molecule has 0 spiro atoms. The molecule has 4 nitrogen and oxygen atoms in total. The quantitative estimate of drug-likeness (QED) is 0.353. The fraction of sp³-hybridized carbons (Fsp3) is 0. The van der Waals surface area contributed by atoms with Crippen molar-refractivity contribution in [1.82, 2.24) is 0 Å². The van der Waals surface area contributed by atoms with Gasteiger partial charge in [0.1, 0.15) is 0 Å². The van der Waals surface area contributed by atoms with E-state index < -0.39 is 10.2 Å². The second kappa shape index (κ2) is 2.93. The molecular weight excluding hydrogens is 147 g/mol. The van der Waals surface area contributed by atoms with Gasteiger partial charge in [-0.2, -0.15) is 14.0 Å². The van der Waals surface area contributed by atoms with Crippen LogP contribution in [0.1, 0.15) is 0 Å². The van der Waals surface area contributed by atoms with E-state index >= 15 is 0 Å². The van der Waals surface area contributed by atoms with Gasteiger partial charge in [-0.25, -0.2) is 0 Å². The van der Waals surface area contributed by atoms with Crippen LogP contribution in [0.2, 0.25) is 0 Å². The molecule has 0 aliphatic rings. The fourth-order valence-electron chi connectivity index (χ4n) is 0. The van der Waals surface area contributed by atoms with Crippen molar-refractivity contribution in [3.63, 3.8) is 0 Å². The molecule has 0 amide bonds. The Bertz CT molecular complexity index is 23.0. The minimum Gasteiger partial charge on any atom is -0.183 e. The fourth-order valence-corrected chi connectivity index (χ4v) is 0. The number of rotatable bonds is 0. The standard InChI is InChI=1S/ClHO4.Ti/c2-1(3,4)5;/h(H,2,3,4,5);. The molecule has 0 aliphatic carbocycles. The number of halogens is 1. The molecule has 0 fully saturated rings. The van der Waals surface area contributed by atoms with Gasteiger partial charge in [-0.1, -0.05) is 0 Å². The van der Waals surface area contributed by atoms with Crippen LogP contribution in [0, 0.1) is 10.2 Å². The molecule has 1 N–H and O–H groups in total. The van der Waals surface area contributed by atoms with E-state index in [0.717, 1.165) is 0 Å². The minimum atomic E-state index is -4.69. The first-order valence-corrected chi connectivity index (χ1v) is 1.90. The molecule has 36 valence electrons. The second-order valence-electron chi connectivity index (χ2n) is 0.396. The molecule has 0 bridgehead atoms. The SMILES string of the molecule is [O-][Cl+3]([O-])([O-])O.[Ti]. The van der Waals surface area contributed by atoms with Crippen molar-refractivity contribution in [2.24, 2.45) is 0 Å². The van der Waals surface area contributed by atoms with Gasteiger partial charge in [0.25, 0.3) is 0 Å². The summed E-state index contributed by atoms with van der Waals surface area (Å²) in [6.45, 7) is 0. The summed E-state index contributed by atoms with van der Waals surface area (Å²) in [5.74, 6) is 0. The van der Waals surface area contributed by atoms with Crippen LogP contribution < -0.4 is 14.0 Å². The third-order valence-corrected chi connectivity index (χ3v) is 0. The zero-order valence-electron chi connectivity index (χ0n) is 2.55. The molecule has 0 radical (unpaired) electrons. The van der Waals surface area contributed by atoms with Crippen LogP contribution in [-0.2, 0) is 21.7 Å². The van der Waals surface area contributed by atoms with Crippen LogP contribution >= 0.6 is 0 Å². The third kappa shape index (κ3) is 100. The molecule has 0 aliphatic heterocycles. The maximum absolute atomic E-state index is 8.60. The van der Waals surface area contributed by atoms with Crippen LogP contribution in [-0.4, -0.2) is 4.66 Å². The maximum atomic E-state index is 8.60. The minimum absolute atomic E-state index is 0. The van der Waals surface area contributed by atoms with Crippen LogP contribution in [0.3, 0.4) is 0 Å². The van der Waals surface area contributed by atoms with E-state index in [9.17, 15) is 0 Å². The van der Waals surface area contributed by atoms with Crippen LogP contribution in [0.4, 0.5) is 0 Å². The average molecular weight is 148 g/mol. The van der Waals surface area contributed by atoms with Gasteiger partial charge < -0.3 is 0 Å². The van der Waals surface area contributed by atoms with Crippen molar-refractivity contribution in [3.8, 4) is 0 Å². The summed E-state index contributed by atoms with van der Waals surface area (Å²) in [6, 6.07) is 0. The van der Waals surface area contributed by atoms with Gasteiger partial charge in [0.15, 0.2) is 0 Å². The van der Waals surface area contributed by atoms with E-state index in [2.05, 4.69) is 0 Å². The van der Waals surface area contributed by atoms with Gasteiger partial charge in [-0.15, -0.1) is 0 Å². The summed E-state index contributed by atoms with van der Waals surface area (Å²) in [5, 5.41) is 0. The van der Waals surface area contributed by atoms with Crippen molar-refractivity contribution in [2.75, 3.05) is 0 Å². The predicted molar refractivity (Wildman–Crippen MR) is 2.22 cm³/mol. The van der Waals surface area contributed by atoms with Gasteiger partial charge in [0.05, 0.1) is 14.9 Å². The van der Waals surface area contributed by atoms with Crippen molar-refractivity contribution in [2.45, 2.75) is 0 Å². The molecule has 6 heavy (non-hydrogen) atoms. The first kappa shape index (κ1) is 9.96.